The van der Waals surface area contributed by atoms with Crippen LogP contribution in [0.2, 0.25) is 0 Å². The molecule has 1 amide bonds. The van der Waals surface area contributed by atoms with Crippen LogP contribution in [0.25, 0.3) is 0 Å². The fourth-order valence-electron chi connectivity index (χ4n) is 2.04. The lowest BCUT2D eigenvalue weighted by Gasteiger charge is -2.13. The number of carbonyl (C=O) groups excluding carboxylic acids is 1. The van der Waals surface area contributed by atoms with E-state index in [1.54, 1.807) is 4.68 Å². The van der Waals surface area contributed by atoms with Gasteiger partial charge in [0, 0.05) is 13.0 Å². The average molecular weight is 302 g/mol. The van der Waals surface area contributed by atoms with Crippen molar-refractivity contribution in [1.29, 1.82) is 0 Å². The highest BCUT2D eigenvalue weighted by molar-refractivity contribution is 5.77. The van der Waals surface area contributed by atoms with Gasteiger partial charge in [0.15, 0.2) is 0 Å². The number of aryl methyl sites for hydroxylation is 1. The third-order valence-corrected chi connectivity index (χ3v) is 3.25. The summed E-state index contributed by atoms with van der Waals surface area (Å²) >= 11 is 0. The molecular formula is C15H18N4O3. The normalized spacial score (nSPS) is 11.8. The quantitative estimate of drug-likeness (QED) is 0.749. The molecule has 2 rings (SSSR count). The summed E-state index contributed by atoms with van der Waals surface area (Å²) in [6.07, 6.45) is 3.56. The highest BCUT2D eigenvalue weighted by atomic mass is 16.4. The summed E-state index contributed by atoms with van der Waals surface area (Å²) in [4.78, 5) is 26.8. The molecule has 0 saturated heterocycles. The minimum Gasteiger partial charge on any atom is -0.481 e. The Morgan fingerprint density at radius 3 is 2.68 bits per heavy atom. The predicted octanol–water partition coefficient (Wildman–Crippen LogP) is 0.728. The van der Waals surface area contributed by atoms with E-state index in [9.17, 15) is 14.7 Å². The van der Waals surface area contributed by atoms with E-state index < -0.39 is 11.9 Å². The standard InChI is InChI=1S/C15H18N4O3/c20-14(6-7-19-11-16-10-18-19)17-9-13(15(21)22)8-12-4-2-1-3-5-12/h1-5,10-11,13H,6-9H2,(H,17,20)(H,21,22). The van der Waals surface area contributed by atoms with Crippen LogP contribution in [0.15, 0.2) is 43.0 Å². The Morgan fingerprint density at radius 1 is 1.27 bits per heavy atom. The highest BCUT2D eigenvalue weighted by Gasteiger charge is 2.18. The monoisotopic (exact) mass is 302 g/mol. The first-order chi connectivity index (χ1) is 10.6. The summed E-state index contributed by atoms with van der Waals surface area (Å²) in [7, 11) is 0. The summed E-state index contributed by atoms with van der Waals surface area (Å²) in [5.41, 5.74) is 0.937. The van der Waals surface area contributed by atoms with Gasteiger partial charge in [-0.25, -0.2) is 4.98 Å². The van der Waals surface area contributed by atoms with Gasteiger partial charge >= 0.3 is 5.97 Å². The van der Waals surface area contributed by atoms with Crippen molar-refractivity contribution in [3.63, 3.8) is 0 Å². The van der Waals surface area contributed by atoms with E-state index in [0.29, 0.717) is 13.0 Å². The van der Waals surface area contributed by atoms with Gasteiger partial charge in [0.05, 0.1) is 12.5 Å². The molecule has 7 nitrogen and oxygen atoms in total. The first-order valence-corrected chi connectivity index (χ1v) is 7.01. The molecule has 1 atom stereocenters. The number of carboxylic acid groups (broad SMARTS) is 1. The number of benzene rings is 1. The van der Waals surface area contributed by atoms with Crippen LogP contribution >= 0.6 is 0 Å². The molecule has 0 aliphatic carbocycles. The minimum absolute atomic E-state index is 0.112. The maximum atomic E-state index is 11.8. The van der Waals surface area contributed by atoms with Crippen LogP contribution in [0, 0.1) is 5.92 Å². The number of amides is 1. The number of carbonyl (C=O) groups is 2. The summed E-state index contributed by atoms with van der Waals surface area (Å²) in [6.45, 7) is 0.530. The third kappa shape index (κ3) is 5.01. The first kappa shape index (κ1) is 15.7. The molecule has 0 saturated carbocycles. The van der Waals surface area contributed by atoms with Crippen LogP contribution in [0.5, 0.6) is 0 Å². The molecule has 0 radical (unpaired) electrons. The maximum absolute atomic E-state index is 11.8. The first-order valence-electron chi connectivity index (χ1n) is 7.01. The van der Waals surface area contributed by atoms with Gasteiger partial charge in [0.1, 0.15) is 12.7 Å². The molecule has 0 aliphatic rings. The zero-order chi connectivity index (χ0) is 15.8. The smallest absolute Gasteiger partial charge is 0.308 e. The third-order valence-electron chi connectivity index (χ3n) is 3.25. The maximum Gasteiger partial charge on any atom is 0.308 e. The summed E-state index contributed by atoms with van der Waals surface area (Å²) < 4.78 is 1.55. The van der Waals surface area contributed by atoms with Crippen molar-refractivity contribution in [2.24, 2.45) is 5.92 Å². The van der Waals surface area contributed by atoms with Crippen LogP contribution < -0.4 is 5.32 Å². The van der Waals surface area contributed by atoms with E-state index in [4.69, 9.17) is 0 Å². The Bertz CT molecular complexity index is 599. The molecular weight excluding hydrogens is 284 g/mol. The number of hydrogen-bond donors (Lipinski definition) is 2. The molecule has 116 valence electrons. The van der Waals surface area contributed by atoms with Gasteiger partial charge < -0.3 is 10.4 Å². The molecule has 1 heterocycles. The van der Waals surface area contributed by atoms with Gasteiger partial charge in [0.25, 0.3) is 0 Å². The van der Waals surface area contributed by atoms with E-state index in [-0.39, 0.29) is 18.9 Å². The van der Waals surface area contributed by atoms with E-state index >= 15 is 0 Å². The van der Waals surface area contributed by atoms with Gasteiger partial charge in [-0.05, 0) is 12.0 Å². The lowest BCUT2D eigenvalue weighted by molar-refractivity contribution is -0.141. The molecule has 7 heteroatoms. The largest absolute Gasteiger partial charge is 0.481 e. The Hall–Kier alpha value is -2.70. The summed E-state index contributed by atoms with van der Waals surface area (Å²) in [5.74, 6) is -1.76. The molecule has 2 N–H and O–H groups in total. The van der Waals surface area contributed by atoms with E-state index in [2.05, 4.69) is 15.4 Å². The Balaban J connectivity index is 1.78. The van der Waals surface area contributed by atoms with Crippen molar-refractivity contribution in [3.8, 4) is 0 Å². The van der Waals surface area contributed by atoms with Gasteiger partial charge in [-0.3, -0.25) is 14.3 Å². The van der Waals surface area contributed by atoms with Gasteiger partial charge in [-0.1, -0.05) is 30.3 Å². The van der Waals surface area contributed by atoms with Gasteiger partial charge in [-0.2, -0.15) is 5.10 Å². The van der Waals surface area contributed by atoms with Crippen molar-refractivity contribution in [1.82, 2.24) is 20.1 Å². The van der Waals surface area contributed by atoms with Crippen LogP contribution in [0.3, 0.4) is 0 Å². The van der Waals surface area contributed by atoms with E-state index in [0.717, 1.165) is 5.56 Å². The number of nitrogens with zero attached hydrogens (tertiary/aromatic N) is 3. The topological polar surface area (TPSA) is 97.1 Å². The van der Waals surface area contributed by atoms with Crippen molar-refractivity contribution < 1.29 is 14.7 Å². The molecule has 0 aliphatic heterocycles. The van der Waals surface area contributed by atoms with Crippen LogP contribution in [0.4, 0.5) is 0 Å². The predicted molar refractivity (Wildman–Crippen MR) is 78.9 cm³/mol. The van der Waals surface area contributed by atoms with E-state index in [1.807, 2.05) is 30.3 Å². The van der Waals surface area contributed by atoms with Gasteiger partial charge in [0.2, 0.25) is 5.91 Å². The number of aromatic nitrogens is 3. The molecule has 0 fully saturated rings. The molecule has 1 aromatic heterocycles. The Morgan fingerprint density at radius 2 is 2.05 bits per heavy atom. The zero-order valence-corrected chi connectivity index (χ0v) is 12.1. The van der Waals surface area contributed by atoms with Crippen molar-refractivity contribution >= 4 is 11.9 Å². The molecule has 22 heavy (non-hydrogen) atoms. The van der Waals surface area contributed by atoms with Crippen molar-refractivity contribution in [3.05, 3.63) is 48.5 Å². The van der Waals surface area contributed by atoms with Crippen LogP contribution in [-0.4, -0.2) is 38.3 Å². The second-order valence-corrected chi connectivity index (χ2v) is 4.94. The van der Waals surface area contributed by atoms with Crippen LogP contribution in [0.1, 0.15) is 12.0 Å². The SMILES string of the molecule is O=C(CCn1cncn1)NCC(Cc1ccccc1)C(=O)O. The average Bonchev–Trinajstić information content (AvgIpc) is 3.03. The lowest BCUT2D eigenvalue weighted by Crippen LogP contribution is -2.34. The number of carboxylic acids is 1. The molecule has 1 unspecified atom stereocenters. The number of hydrogen-bond acceptors (Lipinski definition) is 4. The van der Waals surface area contributed by atoms with Crippen LogP contribution in [-0.2, 0) is 22.6 Å². The Labute approximate surface area is 128 Å². The minimum atomic E-state index is -0.916. The molecule has 0 bridgehead atoms. The fourth-order valence-corrected chi connectivity index (χ4v) is 2.04. The Kier molecular flexibility index (Phi) is 5.65. The second kappa shape index (κ2) is 7.92. The highest BCUT2D eigenvalue weighted by Crippen LogP contribution is 2.08. The lowest BCUT2D eigenvalue weighted by atomic mass is 9.99. The van der Waals surface area contributed by atoms with Crippen molar-refractivity contribution in [2.45, 2.75) is 19.4 Å². The fraction of sp³-hybridized carbons (Fsp3) is 0.333. The molecule has 1 aromatic carbocycles. The van der Waals surface area contributed by atoms with Crippen molar-refractivity contribution in [2.75, 3.05) is 6.54 Å². The van der Waals surface area contributed by atoms with E-state index in [1.165, 1.54) is 12.7 Å². The molecule has 2 aromatic rings. The summed E-state index contributed by atoms with van der Waals surface area (Å²) in [5, 5.41) is 15.8. The zero-order valence-electron chi connectivity index (χ0n) is 12.1. The summed E-state index contributed by atoms with van der Waals surface area (Å²) in [6, 6.07) is 9.37. The van der Waals surface area contributed by atoms with Gasteiger partial charge in [-0.15, -0.1) is 0 Å². The number of nitrogens with one attached hydrogen (secondary N) is 1. The number of rotatable bonds is 8. The molecule has 0 spiro atoms. The number of aliphatic carboxylic acids is 1. The second-order valence-electron chi connectivity index (χ2n) is 4.94.